The second-order valence-corrected chi connectivity index (χ2v) is 6.17. The molecule has 1 amide bonds. The molecule has 1 aromatic heterocycles. The number of hydrogen-bond acceptors (Lipinski definition) is 3. The number of carbonyl (C=O) groups is 1. The normalized spacial score (nSPS) is 11.8. The van der Waals surface area contributed by atoms with E-state index in [9.17, 15) is 4.79 Å². The Kier molecular flexibility index (Phi) is 5.74. The Morgan fingerprint density at radius 3 is 2.50 bits per heavy atom. The minimum Gasteiger partial charge on any atom is -0.489 e. The first kappa shape index (κ1) is 17.8. The number of rotatable bonds is 7. The molecule has 2 aromatic carbocycles. The predicted molar refractivity (Wildman–Crippen MR) is 101 cm³/mol. The van der Waals surface area contributed by atoms with Crippen LogP contribution in [0.4, 0.5) is 0 Å². The van der Waals surface area contributed by atoms with Crippen LogP contribution in [0.5, 0.6) is 5.75 Å². The van der Waals surface area contributed by atoms with Crippen molar-refractivity contribution in [2.24, 2.45) is 0 Å². The molecule has 26 heavy (non-hydrogen) atoms. The van der Waals surface area contributed by atoms with Gasteiger partial charge in [0.1, 0.15) is 12.4 Å². The third-order valence-electron chi connectivity index (χ3n) is 4.33. The third kappa shape index (κ3) is 4.33. The first-order valence-corrected chi connectivity index (χ1v) is 8.81. The average molecular weight is 349 g/mol. The highest BCUT2D eigenvalue weighted by Gasteiger charge is 2.18. The molecular formula is C22H23NO3. The predicted octanol–water partition coefficient (Wildman–Crippen LogP) is 4.91. The lowest BCUT2D eigenvalue weighted by molar-refractivity contribution is 0.0908. The van der Waals surface area contributed by atoms with Crippen LogP contribution in [0.2, 0.25) is 0 Å². The second-order valence-electron chi connectivity index (χ2n) is 6.17. The van der Waals surface area contributed by atoms with Crippen LogP contribution in [-0.2, 0) is 13.0 Å². The first-order chi connectivity index (χ1) is 12.7. The Balaban J connectivity index is 1.63. The minimum atomic E-state index is -0.242. The lowest BCUT2D eigenvalue weighted by Gasteiger charge is -2.14. The molecule has 1 unspecified atom stereocenters. The summed E-state index contributed by atoms with van der Waals surface area (Å²) in [6.45, 7) is 4.36. The molecule has 3 aromatic rings. The fourth-order valence-electron chi connectivity index (χ4n) is 2.71. The number of aryl methyl sites for hydroxylation is 1. The van der Waals surface area contributed by atoms with Gasteiger partial charge in [-0.1, -0.05) is 49.4 Å². The number of furan rings is 1. The minimum absolute atomic E-state index is 0.110. The highest BCUT2D eigenvalue weighted by atomic mass is 16.5. The maximum atomic E-state index is 12.6. The van der Waals surface area contributed by atoms with Crippen LogP contribution in [0.15, 0.2) is 71.3 Å². The molecule has 1 atom stereocenters. The van der Waals surface area contributed by atoms with E-state index in [1.165, 1.54) is 11.8 Å². The van der Waals surface area contributed by atoms with Gasteiger partial charge in [0.25, 0.3) is 5.91 Å². The van der Waals surface area contributed by atoms with Crippen LogP contribution in [0, 0.1) is 0 Å². The zero-order valence-electron chi connectivity index (χ0n) is 15.1. The summed E-state index contributed by atoms with van der Waals surface area (Å²) in [6.07, 6.45) is 2.51. The summed E-state index contributed by atoms with van der Waals surface area (Å²) in [5, 5.41) is 2.99. The van der Waals surface area contributed by atoms with Crippen molar-refractivity contribution in [3.8, 4) is 5.75 Å². The van der Waals surface area contributed by atoms with Gasteiger partial charge in [0, 0.05) is 5.56 Å². The van der Waals surface area contributed by atoms with Gasteiger partial charge in [-0.3, -0.25) is 4.79 Å². The molecule has 0 spiro atoms. The maximum absolute atomic E-state index is 12.6. The monoisotopic (exact) mass is 349 g/mol. The summed E-state index contributed by atoms with van der Waals surface area (Å²) < 4.78 is 11.1. The standard InChI is InChI=1S/C22H23NO3/c1-3-17-9-11-18(12-10-17)16(2)23-22(24)21-19(13-14-25-21)15-26-20-7-5-4-6-8-20/h4-14,16H,3,15H2,1-2H3,(H,23,24). The van der Waals surface area contributed by atoms with E-state index in [2.05, 4.69) is 24.4 Å². The van der Waals surface area contributed by atoms with Crippen molar-refractivity contribution in [3.05, 3.63) is 89.4 Å². The van der Waals surface area contributed by atoms with Crippen molar-refractivity contribution in [1.82, 2.24) is 5.32 Å². The Morgan fingerprint density at radius 1 is 1.08 bits per heavy atom. The Morgan fingerprint density at radius 2 is 1.81 bits per heavy atom. The summed E-state index contributed by atoms with van der Waals surface area (Å²) in [4.78, 5) is 12.6. The number of amides is 1. The number of carbonyl (C=O) groups excluding carboxylic acids is 1. The van der Waals surface area contributed by atoms with Crippen molar-refractivity contribution in [3.63, 3.8) is 0 Å². The van der Waals surface area contributed by atoms with Crippen molar-refractivity contribution in [2.75, 3.05) is 0 Å². The molecular weight excluding hydrogens is 326 g/mol. The first-order valence-electron chi connectivity index (χ1n) is 8.81. The number of nitrogens with one attached hydrogen (secondary N) is 1. The van der Waals surface area contributed by atoms with Crippen molar-refractivity contribution in [2.45, 2.75) is 32.9 Å². The van der Waals surface area contributed by atoms with Crippen LogP contribution >= 0.6 is 0 Å². The zero-order chi connectivity index (χ0) is 18.4. The molecule has 0 radical (unpaired) electrons. The Labute approximate surface area is 153 Å². The van der Waals surface area contributed by atoms with Crippen LogP contribution in [0.3, 0.4) is 0 Å². The van der Waals surface area contributed by atoms with Crippen LogP contribution in [0.25, 0.3) is 0 Å². The molecule has 1 N–H and O–H groups in total. The van der Waals surface area contributed by atoms with Gasteiger partial charge in [0.15, 0.2) is 5.76 Å². The molecule has 0 fully saturated rings. The highest BCUT2D eigenvalue weighted by Crippen LogP contribution is 2.18. The third-order valence-corrected chi connectivity index (χ3v) is 4.33. The summed E-state index contributed by atoms with van der Waals surface area (Å²) in [7, 11) is 0. The van der Waals surface area contributed by atoms with Gasteiger partial charge >= 0.3 is 0 Å². The average Bonchev–Trinajstić information content (AvgIpc) is 3.16. The fourth-order valence-corrected chi connectivity index (χ4v) is 2.71. The second kappa shape index (κ2) is 8.39. The quantitative estimate of drug-likeness (QED) is 0.659. The zero-order valence-corrected chi connectivity index (χ0v) is 15.1. The molecule has 1 heterocycles. The summed E-state index contributed by atoms with van der Waals surface area (Å²) in [5.74, 6) is 0.802. The van der Waals surface area contributed by atoms with Crippen molar-refractivity contribution >= 4 is 5.91 Å². The number of hydrogen-bond donors (Lipinski definition) is 1. The van der Waals surface area contributed by atoms with Crippen LogP contribution in [0.1, 0.15) is 47.1 Å². The van der Waals surface area contributed by atoms with E-state index >= 15 is 0 Å². The van der Waals surface area contributed by atoms with E-state index in [1.54, 1.807) is 6.07 Å². The maximum Gasteiger partial charge on any atom is 0.287 e. The Bertz CT molecular complexity index is 837. The molecule has 0 aliphatic heterocycles. The number of ether oxygens (including phenoxy) is 1. The Hall–Kier alpha value is -3.01. The lowest BCUT2D eigenvalue weighted by Crippen LogP contribution is -2.27. The van der Waals surface area contributed by atoms with Crippen molar-refractivity contribution < 1.29 is 13.9 Å². The van der Waals surface area contributed by atoms with Gasteiger partial charge in [0.2, 0.25) is 0 Å². The fraction of sp³-hybridized carbons (Fsp3) is 0.227. The van der Waals surface area contributed by atoms with Gasteiger partial charge in [-0.05, 0) is 42.7 Å². The van der Waals surface area contributed by atoms with E-state index in [-0.39, 0.29) is 24.3 Å². The molecule has 4 heteroatoms. The van der Waals surface area contributed by atoms with Crippen molar-refractivity contribution in [1.29, 1.82) is 0 Å². The SMILES string of the molecule is CCc1ccc(C(C)NC(=O)c2occc2COc2ccccc2)cc1. The van der Waals surface area contributed by atoms with Gasteiger partial charge in [-0.25, -0.2) is 0 Å². The van der Waals surface area contributed by atoms with Crippen LogP contribution < -0.4 is 10.1 Å². The van der Waals surface area contributed by atoms with E-state index in [1.807, 2.05) is 49.4 Å². The highest BCUT2D eigenvalue weighted by molar-refractivity contribution is 5.93. The van der Waals surface area contributed by atoms with Gasteiger partial charge in [-0.2, -0.15) is 0 Å². The van der Waals surface area contributed by atoms with Gasteiger partial charge in [-0.15, -0.1) is 0 Å². The van der Waals surface area contributed by atoms with E-state index in [4.69, 9.17) is 9.15 Å². The molecule has 4 nitrogen and oxygen atoms in total. The molecule has 0 saturated carbocycles. The summed E-state index contributed by atoms with van der Waals surface area (Å²) >= 11 is 0. The molecule has 0 bridgehead atoms. The molecule has 0 aliphatic carbocycles. The smallest absolute Gasteiger partial charge is 0.287 e. The van der Waals surface area contributed by atoms with E-state index < -0.39 is 0 Å². The number of benzene rings is 2. The van der Waals surface area contributed by atoms with E-state index in [0.717, 1.165) is 23.3 Å². The number of para-hydroxylation sites is 1. The molecule has 0 aliphatic rings. The molecule has 3 rings (SSSR count). The van der Waals surface area contributed by atoms with E-state index in [0.29, 0.717) is 0 Å². The summed E-state index contributed by atoms with van der Waals surface area (Å²) in [5.41, 5.74) is 3.06. The molecule has 0 saturated heterocycles. The van der Waals surface area contributed by atoms with Gasteiger partial charge in [0.05, 0.1) is 12.3 Å². The largest absolute Gasteiger partial charge is 0.489 e. The molecule has 134 valence electrons. The topological polar surface area (TPSA) is 51.5 Å². The van der Waals surface area contributed by atoms with Crippen LogP contribution in [-0.4, -0.2) is 5.91 Å². The lowest BCUT2D eigenvalue weighted by atomic mass is 10.0. The van der Waals surface area contributed by atoms with Gasteiger partial charge < -0.3 is 14.5 Å². The summed E-state index contributed by atoms with van der Waals surface area (Å²) in [6, 6.07) is 19.4.